The number of hydrogen-bond acceptors (Lipinski definition) is 27. The van der Waals surface area contributed by atoms with E-state index in [4.69, 9.17) is 70.6 Å². The number of alkyl carbamates (subject to hydrolysis) is 2. The van der Waals surface area contributed by atoms with Crippen LogP contribution in [0.2, 0.25) is 10.0 Å². The molecule has 0 spiro atoms. The van der Waals surface area contributed by atoms with E-state index in [2.05, 4.69) is 21.3 Å². The van der Waals surface area contributed by atoms with Crippen molar-refractivity contribution >= 4 is 139 Å². The minimum Gasteiger partial charge on any atom is -0.495 e. The molecular weight excluding hydrogens is 1740 g/mol. The van der Waals surface area contributed by atoms with E-state index in [1.807, 2.05) is 32.9 Å². The Morgan fingerprint density at radius 1 is 0.606 bits per heavy atom. The summed E-state index contributed by atoms with van der Waals surface area (Å²) < 4.78 is 58.9. The number of methoxy groups -OCH3 is 4. The number of nitrogens with zero attached hydrogens (tertiary/aromatic N) is 3. The standard InChI is InChI=1S/C49H67ClN4O13S.C42H60ClN3O11S2/c1-26-11-10-12-38(64-9)49(62)24-36(65-47(61)52-49)29(4)43-48(5,67-43)39(23-40(56)53(7)33-20-31(19-26)21-35(63-8)42(33)50)66-46(60)28(3)27(2)34(55)17-18-68-37-22-41(57)54(45(37)59)25-30-13-15-32(16-14-30)44(58)51-6;1-23-12-11-13-33(54-10)42(52)22-32(55-40(51)45-42)27(5)38-41(6,57-38)34(21-36(49)46(8)29-19-28(18-23)20-31(53-9)37(29)43)56-39(50)26(4)25(3)30(47)16-17-58-59-24(2)14-15-35(48)44-7/h10-12,20-21,27-30,32,36-39,43,62H,13-19,22-25H2,1-9H3,(H,51,58)(H,52,61);11-13,19-20,24-27,32-34,38,52H,14-18,21-22H2,1-10H3,(H,44,48)(H,45,51)/b12-10+,26-11+;13-11+,23-12+/t27?,28-,29+,30?,32?,36-,37?,38+,39-,43-,48-,49-;24?,25?,26-,27+,32-,33+,34-,38-,41-,42-/m00/s1. The SMILES string of the molecule is CNC(=O)C1CCC(CN2C(=O)CC(SCCC(=O)C(C)[C@H](C)C(=O)O[C@H]3CC(=O)N(C)c4cc(cc(OC)c4Cl)C/C(C)=C/C=C/[C@@H](OC)[C@@]4(O)C[C@H](OC(=O)N4)[C@@H](C)[C@@H]4O[C@@]34C)C2=O)CC1.CNC(=O)CCC(C)SSCCC(=O)C(C)[C@H](C)C(=O)O[C@H]1CC(=O)N(C)c2cc(cc(OC)c2Cl)C/C(C)=C/C=C/[C@@H](OC)[C@@]2(O)C[C@H](OC(=O)N2)[C@@H](C)[C@@H]2O[C@@]12C. The largest absolute Gasteiger partial charge is 0.495 e. The zero-order valence-electron chi connectivity index (χ0n) is 76.1. The zero-order valence-corrected chi connectivity index (χ0v) is 80.1. The second-order valence-corrected chi connectivity index (χ2v) is 40.2. The number of aliphatic hydroxyl groups is 2. The molecule has 2 aromatic rings. The van der Waals surface area contributed by atoms with Crippen LogP contribution in [0.5, 0.6) is 11.5 Å². The van der Waals surface area contributed by atoms with E-state index in [9.17, 15) is 67.7 Å². The Labute approximate surface area is 766 Å². The lowest BCUT2D eigenvalue weighted by Crippen LogP contribution is -2.63. The van der Waals surface area contributed by atoms with Crippen molar-refractivity contribution in [2.24, 2.45) is 47.3 Å². The molecule has 1 saturated carbocycles. The molecule has 0 radical (unpaired) electrons. The number of hydrogen-bond donors (Lipinski definition) is 6. The van der Waals surface area contributed by atoms with Crippen molar-refractivity contribution in [2.75, 3.05) is 84.5 Å². The van der Waals surface area contributed by atoms with Gasteiger partial charge in [0.05, 0.1) is 67.7 Å². The van der Waals surface area contributed by atoms with Gasteiger partial charge in [-0.25, -0.2) is 9.59 Å². The van der Waals surface area contributed by atoms with Crippen LogP contribution in [0.4, 0.5) is 21.0 Å². The van der Waals surface area contributed by atoms with Crippen molar-refractivity contribution in [2.45, 2.75) is 254 Å². The Morgan fingerprint density at radius 3 is 1.46 bits per heavy atom. The first kappa shape index (κ1) is 103. The number of thioether (sulfide) groups is 1. The smallest absolute Gasteiger partial charge is 0.409 e. The van der Waals surface area contributed by atoms with Crippen LogP contribution in [0, 0.1) is 47.3 Å². The maximum absolute atomic E-state index is 14.3. The van der Waals surface area contributed by atoms with E-state index < -0.39 is 148 Å². The first-order valence-electron chi connectivity index (χ1n) is 43.3. The Kier molecular flexibility index (Phi) is 36.4. The van der Waals surface area contributed by atoms with E-state index >= 15 is 0 Å². The molecule has 1 aliphatic carbocycles. The van der Waals surface area contributed by atoms with Crippen LogP contribution in [-0.2, 0) is 98.7 Å². The fraction of sp³-hybridized carbons (Fsp3) is 0.648. The number of imide groups is 1. The quantitative estimate of drug-likeness (QED) is 0.0121. The first-order valence-corrected chi connectivity index (χ1v) is 47.5. The van der Waals surface area contributed by atoms with E-state index in [0.29, 0.717) is 73.7 Å². The van der Waals surface area contributed by atoms with Crippen LogP contribution < -0.4 is 40.5 Å². The topological polar surface area (TPSA) is 402 Å². The molecule has 31 nitrogen and oxygen atoms in total. The van der Waals surface area contributed by atoms with Gasteiger partial charge in [-0.2, -0.15) is 0 Å². The van der Waals surface area contributed by atoms with Gasteiger partial charge in [-0.1, -0.05) is 141 Å². The molecule has 6 N–H and O–H groups in total. The minimum absolute atomic E-state index is 0.0126. The average Bonchev–Trinajstić information content (AvgIpc) is 1.57. The Hall–Kier alpha value is -7.77. The van der Waals surface area contributed by atoms with Gasteiger partial charge in [0, 0.05) is 134 Å². The fourth-order valence-electron chi connectivity index (χ4n) is 17.3. The number of carbonyl (C=O) groups excluding carboxylic acids is 12. The second-order valence-electron chi connectivity index (χ2n) is 35.2. The summed E-state index contributed by atoms with van der Waals surface area (Å²) in [4.78, 5) is 163. The molecule has 2 aromatic carbocycles. The summed E-state index contributed by atoms with van der Waals surface area (Å²) in [5.41, 5.74) is -2.03. The lowest BCUT2D eigenvalue weighted by molar-refractivity contribution is -0.162. The third-order valence-corrected chi connectivity index (χ3v) is 31.1. The van der Waals surface area contributed by atoms with E-state index in [1.165, 1.54) is 54.9 Å². The van der Waals surface area contributed by atoms with Crippen molar-refractivity contribution in [3.8, 4) is 11.5 Å². The molecule has 36 heteroatoms. The zero-order chi connectivity index (χ0) is 93.6. The van der Waals surface area contributed by atoms with Crippen LogP contribution in [0.15, 0.2) is 71.9 Å². The molecule has 10 rings (SSSR count). The van der Waals surface area contributed by atoms with Crippen LogP contribution in [0.3, 0.4) is 0 Å². The van der Waals surface area contributed by atoms with Crippen LogP contribution >= 0.6 is 56.6 Å². The molecule has 127 heavy (non-hydrogen) atoms. The number of Topliss-reactive ketones (excluding diaryl/α,β-unsaturated/α-hetero) is 2. The van der Waals surface area contributed by atoms with Gasteiger partial charge in [0.1, 0.15) is 80.9 Å². The summed E-state index contributed by atoms with van der Waals surface area (Å²) in [6, 6.07) is 7.15. The number of esters is 2. The lowest BCUT2D eigenvalue weighted by atomic mass is 9.81. The van der Waals surface area contributed by atoms with Gasteiger partial charge in [0.25, 0.3) is 0 Å². The summed E-state index contributed by atoms with van der Waals surface area (Å²) in [5.74, 6) is -5.94. The number of allylic oxidation sites excluding steroid dienone is 6. The number of halogens is 2. The average molecular weight is 1870 g/mol. The molecular formula is C91H127Cl2N7O24S3. The van der Waals surface area contributed by atoms with Crippen molar-refractivity contribution in [1.82, 2.24) is 26.2 Å². The number of anilines is 2. The lowest BCUT2D eigenvalue weighted by Gasteiger charge is -2.42. The molecule has 8 bridgehead atoms. The number of epoxide rings is 2. The number of ether oxygens (including phenoxy) is 10. The summed E-state index contributed by atoms with van der Waals surface area (Å²) in [6.07, 6.45) is 5.90. The first-order chi connectivity index (χ1) is 59.9. The predicted molar refractivity (Wildman–Crippen MR) is 483 cm³/mol. The molecule has 7 aliphatic heterocycles. The summed E-state index contributed by atoms with van der Waals surface area (Å²) in [6.45, 7) is 19.7. The maximum atomic E-state index is 14.3. The number of ketones is 2. The summed E-state index contributed by atoms with van der Waals surface area (Å²) >= 11 is 14.9. The number of likely N-dealkylation sites (tertiary alicyclic amines) is 1. The van der Waals surface area contributed by atoms with Gasteiger partial charge in [0.2, 0.25) is 35.4 Å². The fourth-order valence-corrected chi connectivity index (χ4v) is 21.4. The molecule has 8 amide bonds. The molecule has 7 heterocycles. The van der Waals surface area contributed by atoms with Crippen molar-refractivity contribution < 1.29 is 115 Å². The maximum Gasteiger partial charge on any atom is 0.409 e. The van der Waals surface area contributed by atoms with Gasteiger partial charge >= 0.3 is 24.1 Å². The molecule has 6 fully saturated rings. The highest BCUT2D eigenvalue weighted by Gasteiger charge is 2.66. The monoisotopic (exact) mass is 1870 g/mol. The van der Waals surface area contributed by atoms with Crippen LogP contribution in [-0.4, -0.2) is 243 Å². The minimum atomic E-state index is -1.87. The Balaban J connectivity index is 0.000000290. The van der Waals surface area contributed by atoms with E-state index in [1.54, 1.807) is 154 Å². The number of amides is 8. The van der Waals surface area contributed by atoms with Gasteiger partial charge in [0.15, 0.2) is 11.4 Å². The van der Waals surface area contributed by atoms with Crippen LogP contribution in [0.25, 0.3) is 0 Å². The molecule has 702 valence electrons. The van der Waals surface area contributed by atoms with Crippen molar-refractivity contribution in [3.63, 3.8) is 0 Å². The highest BCUT2D eigenvalue weighted by Crippen LogP contribution is 2.52. The van der Waals surface area contributed by atoms with Gasteiger partial charge in [-0.3, -0.25) is 63.5 Å². The predicted octanol–water partition coefficient (Wildman–Crippen LogP) is 11.5. The molecule has 5 saturated heterocycles. The number of nitrogens with one attached hydrogen (secondary N) is 4. The Morgan fingerprint density at radius 2 is 1.05 bits per heavy atom. The molecule has 4 unspecified atom stereocenters. The van der Waals surface area contributed by atoms with E-state index in [-0.39, 0.29) is 113 Å². The van der Waals surface area contributed by atoms with Crippen LogP contribution in [0.1, 0.15) is 171 Å². The third kappa shape index (κ3) is 25.5. The van der Waals surface area contributed by atoms with Crippen molar-refractivity contribution in [3.05, 3.63) is 93.0 Å². The number of fused-ring (bicyclic) bond motifs is 10. The van der Waals surface area contributed by atoms with Gasteiger partial charge < -0.3 is 78.0 Å². The Bertz CT molecular complexity index is 4510. The number of benzene rings is 2. The number of carbonyl (C=O) groups is 12. The van der Waals surface area contributed by atoms with Gasteiger partial charge in [-0.05, 0) is 114 Å². The van der Waals surface area contributed by atoms with E-state index in [0.717, 1.165) is 35.1 Å². The van der Waals surface area contributed by atoms with Crippen molar-refractivity contribution in [1.29, 1.82) is 0 Å². The summed E-state index contributed by atoms with van der Waals surface area (Å²) in [5, 5.41) is 34.0. The summed E-state index contributed by atoms with van der Waals surface area (Å²) in [7, 11) is 15.4. The molecule has 20 atom stereocenters. The molecule has 0 aromatic heterocycles. The molecule has 8 aliphatic rings. The third-order valence-electron chi connectivity index (χ3n) is 26.2. The highest BCUT2D eigenvalue weighted by molar-refractivity contribution is 8.76. The van der Waals surface area contributed by atoms with Gasteiger partial charge in [-0.15, -0.1) is 11.8 Å². The normalized spacial score (nSPS) is 31.9. The highest BCUT2D eigenvalue weighted by atomic mass is 35.5. The number of rotatable bonds is 27. The second kappa shape index (κ2) is 44.9.